The molecule has 1 aromatic carbocycles. The van der Waals surface area contributed by atoms with E-state index in [1.165, 1.54) is 11.1 Å². The van der Waals surface area contributed by atoms with Crippen molar-refractivity contribution in [2.24, 2.45) is 0 Å². The first-order valence-electron chi connectivity index (χ1n) is 5.34. The van der Waals surface area contributed by atoms with Crippen molar-refractivity contribution >= 4 is 5.78 Å². The zero-order valence-electron chi connectivity index (χ0n) is 9.71. The van der Waals surface area contributed by atoms with Crippen LogP contribution in [0.4, 0.5) is 0 Å². The largest absolute Gasteiger partial charge is 0.316 e. The van der Waals surface area contributed by atoms with E-state index in [9.17, 15) is 4.79 Å². The molecule has 0 spiro atoms. The second kappa shape index (κ2) is 5.66. The van der Waals surface area contributed by atoms with Gasteiger partial charge in [-0.1, -0.05) is 29.8 Å². The Hall–Kier alpha value is -1.15. The van der Waals surface area contributed by atoms with E-state index < -0.39 is 0 Å². The van der Waals surface area contributed by atoms with Crippen LogP contribution >= 0.6 is 0 Å². The number of rotatable bonds is 5. The van der Waals surface area contributed by atoms with E-state index in [0.717, 1.165) is 6.42 Å². The van der Waals surface area contributed by atoms with Gasteiger partial charge in [-0.05, 0) is 32.9 Å². The van der Waals surface area contributed by atoms with Crippen LogP contribution in [0.5, 0.6) is 0 Å². The van der Waals surface area contributed by atoms with Gasteiger partial charge in [0.25, 0.3) is 0 Å². The summed E-state index contributed by atoms with van der Waals surface area (Å²) >= 11 is 0. The molecule has 1 rings (SSSR count). The minimum atomic E-state index is 0.237. The lowest BCUT2D eigenvalue weighted by Gasteiger charge is -2.14. The number of hydrogen-bond donors (Lipinski definition) is 1. The number of nitrogens with one attached hydrogen (secondary N) is 1. The van der Waals surface area contributed by atoms with Gasteiger partial charge in [-0.15, -0.1) is 0 Å². The molecule has 1 atom stereocenters. The van der Waals surface area contributed by atoms with Gasteiger partial charge in [0.05, 0.1) is 0 Å². The molecule has 0 bridgehead atoms. The lowest BCUT2D eigenvalue weighted by Crippen LogP contribution is -2.29. The maximum atomic E-state index is 11.0. The molecule has 0 fully saturated rings. The van der Waals surface area contributed by atoms with Crippen LogP contribution in [0.15, 0.2) is 24.3 Å². The van der Waals surface area contributed by atoms with Crippen molar-refractivity contribution in [3.8, 4) is 0 Å². The molecule has 0 amide bonds. The summed E-state index contributed by atoms with van der Waals surface area (Å²) < 4.78 is 0. The van der Waals surface area contributed by atoms with E-state index in [-0.39, 0.29) is 11.8 Å². The second-order valence-electron chi connectivity index (χ2n) is 4.08. The Bertz CT molecular complexity index is 316. The summed E-state index contributed by atoms with van der Waals surface area (Å²) in [7, 11) is 1.90. The van der Waals surface area contributed by atoms with Gasteiger partial charge in [-0.2, -0.15) is 0 Å². The maximum Gasteiger partial charge on any atom is 0.131 e. The summed E-state index contributed by atoms with van der Waals surface area (Å²) in [6.07, 6.45) is 1.51. The molecule has 82 valence electrons. The van der Waals surface area contributed by atoms with Gasteiger partial charge in [0.15, 0.2) is 0 Å². The monoisotopic (exact) mass is 205 g/mol. The van der Waals surface area contributed by atoms with Gasteiger partial charge in [-0.25, -0.2) is 0 Å². The Balaban J connectivity index is 2.58. The Morgan fingerprint density at radius 3 is 2.40 bits per heavy atom. The van der Waals surface area contributed by atoms with Crippen LogP contribution < -0.4 is 5.32 Å². The Morgan fingerprint density at radius 2 is 1.93 bits per heavy atom. The number of carbonyl (C=O) groups excluding carboxylic acids is 1. The Morgan fingerprint density at radius 1 is 1.33 bits per heavy atom. The number of carbonyl (C=O) groups is 1. The summed E-state index contributed by atoms with van der Waals surface area (Å²) in [5.74, 6) is 0.237. The maximum absolute atomic E-state index is 11.0. The van der Waals surface area contributed by atoms with Crippen LogP contribution in [0.25, 0.3) is 0 Å². The molecular weight excluding hydrogens is 186 g/mol. The molecule has 2 heteroatoms. The van der Waals surface area contributed by atoms with Crippen molar-refractivity contribution in [3.63, 3.8) is 0 Å². The Labute approximate surface area is 91.7 Å². The van der Waals surface area contributed by atoms with E-state index >= 15 is 0 Å². The summed E-state index contributed by atoms with van der Waals surface area (Å²) in [5.41, 5.74) is 2.55. The third-order valence-corrected chi connectivity index (χ3v) is 2.54. The van der Waals surface area contributed by atoms with Crippen molar-refractivity contribution in [2.75, 3.05) is 7.05 Å². The van der Waals surface area contributed by atoms with E-state index in [1.807, 2.05) is 7.05 Å². The molecule has 0 aromatic heterocycles. The van der Waals surface area contributed by atoms with Crippen LogP contribution in [-0.4, -0.2) is 18.9 Å². The second-order valence-corrected chi connectivity index (χ2v) is 4.08. The van der Waals surface area contributed by atoms with E-state index in [1.54, 1.807) is 6.92 Å². The van der Waals surface area contributed by atoms with Crippen molar-refractivity contribution < 1.29 is 4.79 Å². The van der Waals surface area contributed by atoms with Crippen LogP contribution in [0.3, 0.4) is 0 Å². The van der Waals surface area contributed by atoms with Crippen molar-refractivity contribution in [3.05, 3.63) is 35.4 Å². The highest BCUT2D eigenvalue weighted by atomic mass is 16.1. The van der Waals surface area contributed by atoms with Crippen molar-refractivity contribution in [1.82, 2.24) is 5.32 Å². The van der Waals surface area contributed by atoms with Crippen LogP contribution in [0.2, 0.25) is 0 Å². The molecule has 0 heterocycles. The van der Waals surface area contributed by atoms with Crippen LogP contribution in [-0.2, 0) is 11.2 Å². The minimum Gasteiger partial charge on any atom is -0.316 e. The minimum absolute atomic E-state index is 0.237. The average molecular weight is 205 g/mol. The zero-order valence-corrected chi connectivity index (χ0v) is 9.71. The standard InChI is InChI=1S/C13H19NO/c1-10-4-6-12(7-5-10)9-13(14-3)8-11(2)15/h4-7,13-14H,8-9H2,1-3H3/t13-/m1/s1. The number of benzene rings is 1. The van der Waals surface area contributed by atoms with E-state index in [4.69, 9.17) is 0 Å². The SMILES string of the molecule is CN[C@H](CC(C)=O)Cc1ccc(C)cc1. The van der Waals surface area contributed by atoms with Gasteiger partial charge in [-0.3, -0.25) is 4.79 Å². The highest BCUT2D eigenvalue weighted by molar-refractivity contribution is 5.76. The molecule has 0 saturated heterocycles. The predicted molar refractivity (Wildman–Crippen MR) is 63.0 cm³/mol. The number of aryl methyl sites for hydroxylation is 1. The molecule has 0 aliphatic heterocycles. The van der Waals surface area contributed by atoms with Gasteiger partial charge in [0.2, 0.25) is 0 Å². The number of likely N-dealkylation sites (N-methyl/N-ethyl adjacent to an activating group) is 1. The number of hydrogen-bond acceptors (Lipinski definition) is 2. The molecule has 1 N–H and O–H groups in total. The molecule has 1 aromatic rings. The molecule has 0 unspecified atom stereocenters. The summed E-state index contributed by atoms with van der Waals surface area (Å²) in [5, 5.41) is 3.18. The Kier molecular flexibility index (Phi) is 4.50. The highest BCUT2D eigenvalue weighted by Crippen LogP contribution is 2.08. The molecular formula is C13H19NO. The fourth-order valence-electron chi connectivity index (χ4n) is 1.63. The number of Topliss-reactive ketones (excluding diaryl/α,β-unsaturated/α-hetero) is 1. The topological polar surface area (TPSA) is 29.1 Å². The summed E-state index contributed by atoms with van der Waals surface area (Å²) in [4.78, 5) is 11.0. The van der Waals surface area contributed by atoms with Crippen molar-refractivity contribution in [2.45, 2.75) is 32.7 Å². The molecule has 2 nitrogen and oxygen atoms in total. The third-order valence-electron chi connectivity index (χ3n) is 2.54. The summed E-state index contributed by atoms with van der Waals surface area (Å²) in [6, 6.07) is 8.72. The molecule has 0 saturated carbocycles. The van der Waals surface area contributed by atoms with Crippen LogP contribution in [0, 0.1) is 6.92 Å². The molecule has 0 aliphatic rings. The molecule has 0 radical (unpaired) electrons. The molecule has 15 heavy (non-hydrogen) atoms. The first kappa shape index (κ1) is 11.9. The highest BCUT2D eigenvalue weighted by Gasteiger charge is 2.09. The molecule has 0 aliphatic carbocycles. The normalized spacial score (nSPS) is 12.5. The van der Waals surface area contributed by atoms with E-state index in [2.05, 4.69) is 36.5 Å². The quantitative estimate of drug-likeness (QED) is 0.797. The lowest BCUT2D eigenvalue weighted by atomic mass is 10.0. The third kappa shape index (κ3) is 4.26. The number of ketones is 1. The smallest absolute Gasteiger partial charge is 0.131 e. The van der Waals surface area contributed by atoms with E-state index in [0.29, 0.717) is 6.42 Å². The average Bonchev–Trinajstić information content (AvgIpc) is 2.19. The van der Waals surface area contributed by atoms with Gasteiger partial charge in [0, 0.05) is 12.5 Å². The fraction of sp³-hybridized carbons (Fsp3) is 0.462. The predicted octanol–water partition coefficient (Wildman–Crippen LogP) is 2.10. The summed E-state index contributed by atoms with van der Waals surface area (Å²) in [6.45, 7) is 3.72. The van der Waals surface area contributed by atoms with Crippen molar-refractivity contribution in [1.29, 1.82) is 0 Å². The van der Waals surface area contributed by atoms with Gasteiger partial charge in [0.1, 0.15) is 5.78 Å². The first-order valence-corrected chi connectivity index (χ1v) is 5.34. The van der Waals surface area contributed by atoms with Crippen LogP contribution in [0.1, 0.15) is 24.5 Å². The fourth-order valence-corrected chi connectivity index (χ4v) is 1.63. The van der Waals surface area contributed by atoms with Gasteiger partial charge >= 0.3 is 0 Å². The van der Waals surface area contributed by atoms with Gasteiger partial charge < -0.3 is 5.32 Å². The lowest BCUT2D eigenvalue weighted by molar-refractivity contribution is -0.117. The first-order chi connectivity index (χ1) is 7.11. The zero-order chi connectivity index (χ0) is 11.3.